The molecule has 1 N–H and O–H groups in total. The van der Waals surface area contributed by atoms with Gasteiger partial charge < -0.3 is 19.5 Å². The zero-order chi connectivity index (χ0) is 14.5. The first-order chi connectivity index (χ1) is 10.4. The number of hydrogen-bond acceptors (Lipinski definition) is 4. The summed E-state index contributed by atoms with van der Waals surface area (Å²) in [5.74, 6) is 1.59. The van der Waals surface area contributed by atoms with E-state index in [9.17, 15) is 0 Å². The molecule has 1 unspecified atom stereocenters. The molecular formula is C17H19NO3. The Kier molecular flexibility index (Phi) is 4.26. The molecule has 110 valence electrons. The molecule has 2 aromatic rings. The molecule has 1 heterocycles. The van der Waals surface area contributed by atoms with Crippen molar-refractivity contribution >= 4 is 5.69 Å². The van der Waals surface area contributed by atoms with Gasteiger partial charge >= 0.3 is 0 Å². The standard InChI is InChI=1S/C17H19NO3/c1-19-12-15(13-5-3-2-4-6-13)18-14-7-8-16-17(11-14)21-10-9-20-16/h2-8,11,15,18H,9-10,12H2,1H3. The molecular weight excluding hydrogens is 266 g/mol. The molecule has 4 heteroatoms. The van der Waals surface area contributed by atoms with Crippen LogP contribution in [0.1, 0.15) is 11.6 Å². The lowest BCUT2D eigenvalue weighted by atomic mass is 10.1. The Morgan fingerprint density at radius 3 is 2.57 bits per heavy atom. The normalized spacial score (nSPS) is 14.5. The van der Waals surface area contributed by atoms with Gasteiger partial charge in [0, 0.05) is 18.9 Å². The molecule has 4 nitrogen and oxygen atoms in total. The first-order valence-corrected chi connectivity index (χ1v) is 7.07. The molecule has 0 fully saturated rings. The average molecular weight is 285 g/mol. The summed E-state index contributed by atoms with van der Waals surface area (Å²) in [6.07, 6.45) is 0. The molecule has 0 spiro atoms. The Bertz CT molecular complexity index is 586. The molecule has 1 aliphatic heterocycles. The van der Waals surface area contributed by atoms with Gasteiger partial charge in [-0.1, -0.05) is 30.3 Å². The van der Waals surface area contributed by atoms with Crippen LogP contribution < -0.4 is 14.8 Å². The highest BCUT2D eigenvalue weighted by molar-refractivity contribution is 5.56. The molecule has 1 aliphatic rings. The Morgan fingerprint density at radius 2 is 1.81 bits per heavy atom. The van der Waals surface area contributed by atoms with E-state index >= 15 is 0 Å². The number of methoxy groups -OCH3 is 1. The molecule has 3 rings (SSSR count). The lowest BCUT2D eigenvalue weighted by Crippen LogP contribution is -2.18. The van der Waals surface area contributed by atoms with Crippen molar-refractivity contribution in [3.8, 4) is 11.5 Å². The van der Waals surface area contributed by atoms with Gasteiger partial charge in [-0.2, -0.15) is 0 Å². The molecule has 2 aromatic carbocycles. The summed E-state index contributed by atoms with van der Waals surface area (Å²) >= 11 is 0. The van der Waals surface area contributed by atoms with E-state index < -0.39 is 0 Å². The fourth-order valence-corrected chi connectivity index (χ4v) is 2.41. The summed E-state index contributed by atoms with van der Waals surface area (Å²) < 4.78 is 16.5. The van der Waals surface area contributed by atoms with Crippen LogP contribution in [0.15, 0.2) is 48.5 Å². The lowest BCUT2D eigenvalue weighted by molar-refractivity contribution is 0.171. The molecule has 0 aromatic heterocycles. The quantitative estimate of drug-likeness (QED) is 0.915. The second kappa shape index (κ2) is 6.50. The van der Waals surface area contributed by atoms with Gasteiger partial charge in [0.05, 0.1) is 12.6 Å². The summed E-state index contributed by atoms with van der Waals surface area (Å²) in [6.45, 7) is 1.80. The second-order valence-electron chi connectivity index (χ2n) is 4.92. The molecule has 0 aliphatic carbocycles. The fraction of sp³-hybridized carbons (Fsp3) is 0.294. The van der Waals surface area contributed by atoms with Crippen LogP contribution in [0, 0.1) is 0 Å². The molecule has 0 bridgehead atoms. The minimum absolute atomic E-state index is 0.0961. The summed E-state index contributed by atoms with van der Waals surface area (Å²) in [4.78, 5) is 0. The Labute approximate surface area is 124 Å². The highest BCUT2D eigenvalue weighted by atomic mass is 16.6. The third-order valence-corrected chi connectivity index (χ3v) is 3.42. The summed E-state index contributed by atoms with van der Waals surface area (Å²) in [5, 5.41) is 3.49. The predicted molar refractivity (Wildman–Crippen MR) is 82.1 cm³/mol. The summed E-state index contributed by atoms with van der Waals surface area (Å²) in [5.41, 5.74) is 2.18. The predicted octanol–water partition coefficient (Wildman–Crippen LogP) is 3.26. The van der Waals surface area contributed by atoms with E-state index in [2.05, 4.69) is 17.4 Å². The highest BCUT2D eigenvalue weighted by Crippen LogP contribution is 2.33. The van der Waals surface area contributed by atoms with E-state index in [0.29, 0.717) is 19.8 Å². The maximum absolute atomic E-state index is 5.62. The van der Waals surface area contributed by atoms with Gasteiger partial charge in [-0.3, -0.25) is 0 Å². The second-order valence-corrected chi connectivity index (χ2v) is 4.92. The van der Waals surface area contributed by atoms with Crippen molar-refractivity contribution in [2.75, 3.05) is 32.2 Å². The minimum atomic E-state index is 0.0961. The van der Waals surface area contributed by atoms with Crippen LogP contribution in [0.3, 0.4) is 0 Å². The van der Waals surface area contributed by atoms with Gasteiger partial charge in [0.1, 0.15) is 13.2 Å². The van der Waals surface area contributed by atoms with Crippen LogP contribution in [0.4, 0.5) is 5.69 Å². The minimum Gasteiger partial charge on any atom is -0.486 e. The fourth-order valence-electron chi connectivity index (χ4n) is 2.41. The van der Waals surface area contributed by atoms with E-state index in [0.717, 1.165) is 17.2 Å². The van der Waals surface area contributed by atoms with Gasteiger partial charge in [-0.05, 0) is 17.7 Å². The van der Waals surface area contributed by atoms with Crippen LogP contribution in [-0.4, -0.2) is 26.9 Å². The van der Waals surface area contributed by atoms with Crippen molar-refractivity contribution in [3.05, 3.63) is 54.1 Å². The number of fused-ring (bicyclic) bond motifs is 1. The van der Waals surface area contributed by atoms with Crippen molar-refractivity contribution < 1.29 is 14.2 Å². The number of benzene rings is 2. The molecule has 0 saturated heterocycles. The van der Waals surface area contributed by atoms with E-state index in [4.69, 9.17) is 14.2 Å². The Balaban J connectivity index is 1.79. The van der Waals surface area contributed by atoms with Crippen LogP contribution in [0.2, 0.25) is 0 Å². The smallest absolute Gasteiger partial charge is 0.163 e. The summed E-state index contributed by atoms with van der Waals surface area (Å²) in [7, 11) is 1.71. The topological polar surface area (TPSA) is 39.7 Å². The van der Waals surface area contributed by atoms with Crippen molar-refractivity contribution in [1.29, 1.82) is 0 Å². The average Bonchev–Trinajstić information content (AvgIpc) is 2.55. The zero-order valence-electron chi connectivity index (χ0n) is 12.0. The van der Waals surface area contributed by atoms with Crippen molar-refractivity contribution in [1.82, 2.24) is 0 Å². The van der Waals surface area contributed by atoms with Crippen molar-refractivity contribution in [2.45, 2.75) is 6.04 Å². The highest BCUT2D eigenvalue weighted by Gasteiger charge is 2.15. The van der Waals surface area contributed by atoms with E-state index in [1.165, 1.54) is 5.56 Å². The van der Waals surface area contributed by atoms with Gasteiger partial charge in [0.25, 0.3) is 0 Å². The lowest BCUT2D eigenvalue weighted by Gasteiger charge is -2.22. The van der Waals surface area contributed by atoms with Crippen LogP contribution >= 0.6 is 0 Å². The Morgan fingerprint density at radius 1 is 1.05 bits per heavy atom. The molecule has 0 saturated carbocycles. The molecule has 0 amide bonds. The number of rotatable bonds is 5. The maximum Gasteiger partial charge on any atom is 0.163 e. The van der Waals surface area contributed by atoms with Gasteiger partial charge in [0.2, 0.25) is 0 Å². The molecule has 0 radical (unpaired) electrons. The number of hydrogen-bond donors (Lipinski definition) is 1. The number of ether oxygens (including phenoxy) is 3. The third-order valence-electron chi connectivity index (χ3n) is 3.42. The first kappa shape index (κ1) is 13.8. The third kappa shape index (κ3) is 3.28. The number of anilines is 1. The molecule has 21 heavy (non-hydrogen) atoms. The summed E-state index contributed by atoms with van der Waals surface area (Å²) in [6, 6.07) is 16.3. The maximum atomic E-state index is 5.62. The largest absolute Gasteiger partial charge is 0.486 e. The zero-order valence-corrected chi connectivity index (χ0v) is 12.0. The van der Waals surface area contributed by atoms with Gasteiger partial charge in [0.15, 0.2) is 11.5 Å². The van der Waals surface area contributed by atoms with E-state index in [-0.39, 0.29) is 6.04 Å². The Hall–Kier alpha value is -2.20. The SMILES string of the molecule is COCC(Nc1ccc2c(c1)OCCO2)c1ccccc1. The number of nitrogens with one attached hydrogen (secondary N) is 1. The van der Waals surface area contributed by atoms with Crippen molar-refractivity contribution in [2.24, 2.45) is 0 Å². The van der Waals surface area contributed by atoms with E-state index in [1.807, 2.05) is 36.4 Å². The molecule has 1 atom stereocenters. The van der Waals surface area contributed by atoms with Crippen LogP contribution in [0.5, 0.6) is 11.5 Å². The van der Waals surface area contributed by atoms with Crippen LogP contribution in [-0.2, 0) is 4.74 Å². The van der Waals surface area contributed by atoms with Gasteiger partial charge in [-0.25, -0.2) is 0 Å². The van der Waals surface area contributed by atoms with Crippen LogP contribution in [0.25, 0.3) is 0 Å². The van der Waals surface area contributed by atoms with E-state index in [1.54, 1.807) is 7.11 Å². The first-order valence-electron chi connectivity index (χ1n) is 7.07. The van der Waals surface area contributed by atoms with Gasteiger partial charge in [-0.15, -0.1) is 0 Å². The van der Waals surface area contributed by atoms with Crippen molar-refractivity contribution in [3.63, 3.8) is 0 Å². The monoisotopic (exact) mass is 285 g/mol.